The van der Waals surface area contributed by atoms with Crippen molar-refractivity contribution in [2.75, 3.05) is 16.0 Å². The number of aryl methyl sites for hydroxylation is 1. The van der Waals surface area contributed by atoms with Crippen molar-refractivity contribution in [3.63, 3.8) is 0 Å². The van der Waals surface area contributed by atoms with Gasteiger partial charge in [-0.1, -0.05) is 0 Å². The summed E-state index contributed by atoms with van der Waals surface area (Å²) in [7, 11) is 1.57. The maximum absolute atomic E-state index is 13.0. The van der Waals surface area contributed by atoms with Crippen LogP contribution in [0.1, 0.15) is 41.9 Å². The number of ether oxygens (including phenoxy) is 1. The van der Waals surface area contributed by atoms with Crippen molar-refractivity contribution in [2.45, 2.75) is 26.4 Å². The fourth-order valence-electron chi connectivity index (χ4n) is 2.60. The quantitative estimate of drug-likeness (QED) is 0.477. The van der Waals surface area contributed by atoms with Gasteiger partial charge in [-0.2, -0.15) is 5.10 Å². The molecule has 12 heteroatoms. The highest BCUT2D eigenvalue weighted by Crippen LogP contribution is 2.17. The Bertz CT molecular complexity index is 1150. The van der Waals surface area contributed by atoms with Gasteiger partial charge in [0.2, 0.25) is 5.82 Å². The smallest absolute Gasteiger partial charge is 0.413 e. The van der Waals surface area contributed by atoms with E-state index in [1.165, 1.54) is 41.2 Å². The van der Waals surface area contributed by atoms with Crippen molar-refractivity contribution >= 4 is 35.1 Å². The van der Waals surface area contributed by atoms with Gasteiger partial charge in [-0.05, 0) is 45.0 Å². The van der Waals surface area contributed by atoms with Crippen LogP contribution in [0.25, 0.3) is 0 Å². The van der Waals surface area contributed by atoms with Crippen molar-refractivity contribution in [1.29, 1.82) is 0 Å². The minimum atomic E-state index is -0.711. The van der Waals surface area contributed by atoms with E-state index in [1.807, 2.05) is 0 Å². The monoisotopic (exact) mass is 443 g/mol. The number of rotatable bonds is 5. The molecule has 0 radical (unpaired) electrons. The van der Waals surface area contributed by atoms with E-state index >= 15 is 0 Å². The first-order valence-corrected chi connectivity index (χ1v) is 9.47. The molecular weight excluding hydrogens is 421 g/mol. The predicted molar refractivity (Wildman–Crippen MR) is 114 cm³/mol. The minimum Gasteiger partial charge on any atom is -0.444 e. The highest BCUT2D eigenvalue weighted by Gasteiger charge is 2.22. The number of hydrogen-bond acceptors (Lipinski definition) is 6. The number of imidazole rings is 1. The molecular formula is C20H22FN7O4. The molecule has 0 saturated heterocycles. The van der Waals surface area contributed by atoms with Crippen LogP contribution in [0.4, 0.5) is 26.4 Å². The molecule has 3 aromatic rings. The number of aromatic amines is 1. The number of nitrogens with zero attached hydrogens (tertiary/aromatic N) is 3. The molecule has 0 bridgehead atoms. The molecule has 2 aromatic heterocycles. The third-order valence-corrected chi connectivity index (χ3v) is 3.93. The summed E-state index contributed by atoms with van der Waals surface area (Å²) in [6.45, 7) is 5.16. The Balaban J connectivity index is 1.69. The number of halogens is 1. The van der Waals surface area contributed by atoms with E-state index in [1.54, 1.807) is 27.8 Å². The Morgan fingerprint density at radius 1 is 1.06 bits per heavy atom. The Morgan fingerprint density at radius 2 is 1.75 bits per heavy atom. The maximum atomic E-state index is 13.0. The second kappa shape index (κ2) is 8.88. The second-order valence-electron chi connectivity index (χ2n) is 7.76. The van der Waals surface area contributed by atoms with Gasteiger partial charge in [0.15, 0.2) is 5.82 Å². The Labute approximate surface area is 182 Å². The largest absolute Gasteiger partial charge is 0.444 e. The zero-order valence-electron chi connectivity index (χ0n) is 17.8. The van der Waals surface area contributed by atoms with E-state index in [9.17, 15) is 18.8 Å². The molecule has 0 unspecified atom stereocenters. The van der Waals surface area contributed by atoms with Crippen LogP contribution < -0.4 is 16.0 Å². The molecule has 3 amide bonds. The normalized spacial score (nSPS) is 11.0. The zero-order chi connectivity index (χ0) is 23.5. The summed E-state index contributed by atoms with van der Waals surface area (Å²) < 4.78 is 19.6. The van der Waals surface area contributed by atoms with Crippen LogP contribution in [0.2, 0.25) is 0 Å². The van der Waals surface area contributed by atoms with Gasteiger partial charge < -0.3 is 19.9 Å². The molecule has 11 nitrogen and oxygen atoms in total. The summed E-state index contributed by atoms with van der Waals surface area (Å²) >= 11 is 0. The first kappa shape index (κ1) is 22.5. The number of carbonyl (C=O) groups is 3. The van der Waals surface area contributed by atoms with E-state index in [0.29, 0.717) is 5.69 Å². The van der Waals surface area contributed by atoms with Gasteiger partial charge in [0.25, 0.3) is 11.8 Å². The van der Waals surface area contributed by atoms with Gasteiger partial charge in [-0.15, -0.1) is 0 Å². The van der Waals surface area contributed by atoms with Crippen molar-refractivity contribution in [2.24, 2.45) is 7.05 Å². The number of nitrogens with one attached hydrogen (secondary N) is 4. The zero-order valence-corrected chi connectivity index (χ0v) is 17.8. The van der Waals surface area contributed by atoms with E-state index in [2.05, 4.69) is 31.1 Å². The Hall–Kier alpha value is -4.22. The molecule has 0 aliphatic carbocycles. The van der Waals surface area contributed by atoms with Crippen LogP contribution in [0.15, 0.2) is 36.7 Å². The lowest BCUT2D eigenvalue weighted by atomic mass is 10.2. The molecule has 0 aliphatic heterocycles. The molecule has 0 saturated carbocycles. The molecule has 168 valence electrons. The third-order valence-electron chi connectivity index (χ3n) is 3.93. The van der Waals surface area contributed by atoms with Crippen molar-refractivity contribution < 1.29 is 23.5 Å². The van der Waals surface area contributed by atoms with Gasteiger partial charge >= 0.3 is 6.09 Å². The predicted octanol–water partition coefficient (Wildman–Crippen LogP) is 3.13. The fourth-order valence-corrected chi connectivity index (χ4v) is 2.60. The van der Waals surface area contributed by atoms with Crippen LogP contribution in [-0.4, -0.2) is 43.3 Å². The second-order valence-corrected chi connectivity index (χ2v) is 7.76. The van der Waals surface area contributed by atoms with E-state index in [-0.39, 0.29) is 23.0 Å². The standard InChI is InChI=1S/C20H22FN7O4/c1-20(2,3)32-19(31)26-14-10-28(4)16(25-14)18(30)24-13-9-22-27-15(13)17(29)23-12-7-5-11(21)6-8-12/h5-10H,1-4H3,(H,22,27)(H,23,29)(H,24,30)(H,26,31). The summed E-state index contributed by atoms with van der Waals surface area (Å²) in [6, 6.07) is 5.20. The molecule has 0 fully saturated rings. The molecule has 4 N–H and O–H groups in total. The lowest BCUT2D eigenvalue weighted by molar-refractivity contribution is 0.0634. The highest BCUT2D eigenvalue weighted by atomic mass is 19.1. The first-order valence-electron chi connectivity index (χ1n) is 9.47. The van der Waals surface area contributed by atoms with Gasteiger partial charge in [0, 0.05) is 18.9 Å². The molecule has 0 spiro atoms. The molecule has 2 heterocycles. The van der Waals surface area contributed by atoms with Crippen LogP contribution in [0.5, 0.6) is 0 Å². The van der Waals surface area contributed by atoms with E-state index in [0.717, 1.165) is 0 Å². The average Bonchev–Trinajstić information content (AvgIpc) is 3.28. The lowest BCUT2D eigenvalue weighted by Crippen LogP contribution is -2.27. The molecule has 0 aliphatic rings. The summed E-state index contributed by atoms with van der Waals surface area (Å²) in [5, 5.41) is 13.9. The lowest BCUT2D eigenvalue weighted by Gasteiger charge is -2.18. The number of benzene rings is 1. The Morgan fingerprint density at radius 3 is 2.41 bits per heavy atom. The summed E-state index contributed by atoms with van der Waals surface area (Å²) in [4.78, 5) is 41.2. The maximum Gasteiger partial charge on any atom is 0.413 e. The topological polar surface area (TPSA) is 143 Å². The summed E-state index contributed by atoms with van der Waals surface area (Å²) in [5.41, 5.74) is -0.223. The van der Waals surface area contributed by atoms with Crippen molar-refractivity contribution in [3.8, 4) is 0 Å². The SMILES string of the molecule is Cn1cc(NC(=O)OC(C)(C)C)nc1C(=O)Nc1cn[nH]c1C(=O)Nc1ccc(F)cc1. The van der Waals surface area contributed by atoms with Crippen LogP contribution in [-0.2, 0) is 11.8 Å². The highest BCUT2D eigenvalue weighted by molar-refractivity contribution is 6.10. The number of carbonyl (C=O) groups excluding carboxylic acids is 3. The van der Waals surface area contributed by atoms with Crippen LogP contribution in [0, 0.1) is 5.82 Å². The van der Waals surface area contributed by atoms with Crippen LogP contribution in [0.3, 0.4) is 0 Å². The molecule has 1 aromatic carbocycles. The number of hydrogen-bond donors (Lipinski definition) is 4. The first-order chi connectivity index (χ1) is 15.0. The molecule has 3 rings (SSSR count). The number of amides is 3. The number of aromatic nitrogens is 4. The van der Waals surface area contributed by atoms with Gasteiger partial charge in [0.1, 0.15) is 17.1 Å². The van der Waals surface area contributed by atoms with Gasteiger partial charge in [0.05, 0.1) is 11.9 Å². The van der Waals surface area contributed by atoms with Crippen molar-refractivity contribution in [3.05, 3.63) is 54.0 Å². The molecule has 0 atom stereocenters. The average molecular weight is 443 g/mol. The number of H-pyrrole nitrogens is 1. The fraction of sp³-hybridized carbons (Fsp3) is 0.250. The molecule has 32 heavy (non-hydrogen) atoms. The number of anilines is 3. The van der Waals surface area contributed by atoms with E-state index < -0.39 is 29.3 Å². The van der Waals surface area contributed by atoms with Gasteiger partial charge in [-0.25, -0.2) is 14.2 Å². The Kier molecular flexibility index (Phi) is 6.23. The minimum absolute atomic E-state index is 0.0102. The van der Waals surface area contributed by atoms with E-state index in [4.69, 9.17) is 4.74 Å². The third kappa shape index (κ3) is 5.68. The van der Waals surface area contributed by atoms with Crippen molar-refractivity contribution in [1.82, 2.24) is 19.7 Å². The van der Waals surface area contributed by atoms with Crippen LogP contribution >= 0.6 is 0 Å². The van der Waals surface area contributed by atoms with Gasteiger partial charge in [-0.3, -0.25) is 20.0 Å². The summed E-state index contributed by atoms with van der Waals surface area (Å²) in [6.07, 6.45) is 1.99. The summed E-state index contributed by atoms with van der Waals surface area (Å²) in [5.74, 6) is -1.57.